The molecule has 1 fully saturated rings. The summed E-state index contributed by atoms with van der Waals surface area (Å²) in [5.41, 5.74) is 1.33. The Morgan fingerprint density at radius 3 is 2.81 bits per heavy atom. The quantitative estimate of drug-likeness (QED) is 0.832. The molecule has 8 heteroatoms. The van der Waals surface area contributed by atoms with E-state index in [1.165, 1.54) is 0 Å². The van der Waals surface area contributed by atoms with Crippen molar-refractivity contribution in [3.05, 3.63) is 18.2 Å². The van der Waals surface area contributed by atoms with Crippen LogP contribution < -0.4 is 15.0 Å². The van der Waals surface area contributed by atoms with Crippen LogP contribution >= 0.6 is 0 Å². The van der Waals surface area contributed by atoms with Crippen molar-refractivity contribution in [3.63, 3.8) is 0 Å². The number of carbonyl (C=O) groups is 2. The summed E-state index contributed by atoms with van der Waals surface area (Å²) in [6, 6.07) is 5.89. The van der Waals surface area contributed by atoms with Gasteiger partial charge in [0.2, 0.25) is 0 Å². The lowest BCUT2D eigenvalue weighted by atomic mass is 10.1. The van der Waals surface area contributed by atoms with Gasteiger partial charge in [-0.25, -0.2) is 4.79 Å². The van der Waals surface area contributed by atoms with Gasteiger partial charge in [-0.3, -0.25) is 4.79 Å². The fraction of sp³-hybridized carbons (Fsp3) is 0.579. The highest BCUT2D eigenvalue weighted by molar-refractivity contribution is 5.71. The van der Waals surface area contributed by atoms with Gasteiger partial charge in [-0.05, 0) is 32.9 Å². The minimum absolute atomic E-state index is 0.0621. The van der Waals surface area contributed by atoms with E-state index in [1.807, 2.05) is 39.0 Å². The number of piperazine rings is 1. The lowest BCUT2D eigenvalue weighted by Gasteiger charge is -2.45. The SMILES string of the molecule is CC(C)(C)OC(=O)N1CCN2c3ccc(NCCC(=O)O)cc3OC[C@@H]2C1. The number of rotatable bonds is 4. The first-order valence-corrected chi connectivity index (χ1v) is 9.20. The molecule has 0 radical (unpaired) electrons. The fourth-order valence-electron chi connectivity index (χ4n) is 3.28. The summed E-state index contributed by atoms with van der Waals surface area (Å²) in [4.78, 5) is 26.9. The lowest BCUT2D eigenvalue weighted by molar-refractivity contribution is -0.136. The Balaban J connectivity index is 1.63. The van der Waals surface area contributed by atoms with Crippen LogP contribution in [0, 0.1) is 0 Å². The van der Waals surface area contributed by atoms with Crippen molar-refractivity contribution in [1.82, 2.24) is 4.90 Å². The number of amides is 1. The van der Waals surface area contributed by atoms with Crippen LogP contribution in [0.4, 0.5) is 16.2 Å². The van der Waals surface area contributed by atoms with E-state index in [-0.39, 0.29) is 18.6 Å². The van der Waals surface area contributed by atoms with Crippen LogP contribution in [0.1, 0.15) is 27.2 Å². The molecule has 2 aliphatic heterocycles. The van der Waals surface area contributed by atoms with E-state index in [2.05, 4.69) is 10.2 Å². The number of carboxylic acids is 1. The molecule has 3 rings (SSSR count). The molecule has 2 heterocycles. The van der Waals surface area contributed by atoms with Crippen molar-refractivity contribution in [2.45, 2.75) is 38.8 Å². The van der Waals surface area contributed by atoms with Crippen molar-refractivity contribution >= 4 is 23.4 Å². The topological polar surface area (TPSA) is 91.3 Å². The number of nitrogens with one attached hydrogen (secondary N) is 1. The van der Waals surface area contributed by atoms with Crippen LogP contribution in [-0.4, -0.2) is 66.5 Å². The van der Waals surface area contributed by atoms with Crippen molar-refractivity contribution in [3.8, 4) is 5.75 Å². The molecule has 0 saturated carbocycles. The monoisotopic (exact) mass is 377 g/mol. The van der Waals surface area contributed by atoms with Gasteiger partial charge in [0.1, 0.15) is 18.0 Å². The average Bonchev–Trinajstić information content (AvgIpc) is 2.59. The van der Waals surface area contributed by atoms with Gasteiger partial charge >= 0.3 is 12.1 Å². The number of ether oxygens (including phenoxy) is 2. The third-order valence-corrected chi connectivity index (χ3v) is 4.50. The maximum atomic E-state index is 12.3. The molecule has 148 valence electrons. The molecule has 0 unspecified atom stereocenters. The largest absolute Gasteiger partial charge is 0.489 e. The molecule has 1 atom stereocenters. The number of carbonyl (C=O) groups excluding carboxylic acids is 1. The number of nitrogens with zero attached hydrogens (tertiary/aromatic N) is 2. The van der Waals surface area contributed by atoms with Crippen LogP contribution in [0.3, 0.4) is 0 Å². The highest BCUT2D eigenvalue weighted by Gasteiger charge is 2.36. The number of fused-ring (bicyclic) bond motifs is 3. The summed E-state index contributed by atoms with van der Waals surface area (Å²) in [6.07, 6.45) is -0.224. The summed E-state index contributed by atoms with van der Waals surface area (Å²) in [6.45, 7) is 8.33. The van der Waals surface area contributed by atoms with Crippen molar-refractivity contribution in [1.29, 1.82) is 0 Å². The van der Waals surface area contributed by atoms with Crippen LogP contribution in [-0.2, 0) is 9.53 Å². The van der Waals surface area contributed by atoms with Crippen molar-refractivity contribution in [2.75, 3.05) is 43.0 Å². The predicted molar refractivity (Wildman–Crippen MR) is 102 cm³/mol. The lowest BCUT2D eigenvalue weighted by Crippen LogP contribution is -2.59. The van der Waals surface area contributed by atoms with Gasteiger partial charge < -0.3 is 29.7 Å². The number of aliphatic carboxylic acids is 1. The Bertz CT molecular complexity index is 716. The third kappa shape index (κ3) is 4.75. The molecule has 1 aromatic rings. The Morgan fingerprint density at radius 1 is 1.33 bits per heavy atom. The standard InChI is InChI=1S/C19H27N3O5/c1-19(2,3)27-18(25)21-8-9-22-14(11-21)12-26-16-10-13(4-5-15(16)22)20-7-6-17(23)24/h4-5,10,14,20H,6-9,11-12H2,1-3H3,(H,23,24)/t14-/m0/s1. The minimum Gasteiger partial charge on any atom is -0.489 e. The van der Waals surface area contributed by atoms with Crippen LogP contribution in [0.5, 0.6) is 5.75 Å². The molecule has 0 bridgehead atoms. The maximum absolute atomic E-state index is 12.3. The highest BCUT2D eigenvalue weighted by Crippen LogP contribution is 2.37. The summed E-state index contributed by atoms with van der Waals surface area (Å²) < 4.78 is 11.4. The molecular weight excluding hydrogens is 350 g/mol. The second kappa shape index (κ2) is 7.54. The molecular formula is C19H27N3O5. The second-order valence-corrected chi connectivity index (χ2v) is 7.84. The van der Waals surface area contributed by atoms with E-state index < -0.39 is 11.6 Å². The van der Waals surface area contributed by atoms with Gasteiger partial charge in [0, 0.05) is 37.9 Å². The Kier molecular flexibility index (Phi) is 5.34. The number of benzene rings is 1. The molecule has 2 N–H and O–H groups in total. The Morgan fingerprint density at radius 2 is 2.11 bits per heavy atom. The van der Waals surface area contributed by atoms with Gasteiger partial charge in [0.05, 0.1) is 18.2 Å². The summed E-state index contributed by atoms with van der Waals surface area (Å²) in [5, 5.41) is 11.8. The van der Waals surface area contributed by atoms with E-state index in [4.69, 9.17) is 14.6 Å². The van der Waals surface area contributed by atoms with E-state index in [1.54, 1.807) is 4.90 Å². The third-order valence-electron chi connectivity index (χ3n) is 4.50. The summed E-state index contributed by atoms with van der Waals surface area (Å²) >= 11 is 0. The van der Waals surface area contributed by atoms with Crippen molar-refractivity contribution < 1.29 is 24.2 Å². The number of hydrogen-bond donors (Lipinski definition) is 2. The molecule has 1 amide bonds. The van der Waals surface area contributed by atoms with E-state index in [0.29, 0.717) is 32.8 Å². The first-order valence-electron chi connectivity index (χ1n) is 9.20. The zero-order chi connectivity index (χ0) is 19.6. The van der Waals surface area contributed by atoms with E-state index >= 15 is 0 Å². The van der Waals surface area contributed by atoms with Gasteiger partial charge in [0.15, 0.2) is 0 Å². The highest BCUT2D eigenvalue weighted by atomic mass is 16.6. The molecule has 8 nitrogen and oxygen atoms in total. The number of hydrogen-bond acceptors (Lipinski definition) is 6. The summed E-state index contributed by atoms with van der Waals surface area (Å²) in [7, 11) is 0. The Hall–Kier alpha value is -2.64. The predicted octanol–water partition coefficient (Wildman–Crippen LogP) is 2.39. The number of anilines is 2. The zero-order valence-electron chi connectivity index (χ0n) is 16.0. The molecule has 1 saturated heterocycles. The molecule has 1 aromatic carbocycles. The minimum atomic E-state index is -0.831. The normalized spacial score (nSPS) is 18.9. The van der Waals surface area contributed by atoms with Crippen LogP contribution in [0.15, 0.2) is 18.2 Å². The van der Waals surface area contributed by atoms with Gasteiger partial charge in [-0.2, -0.15) is 0 Å². The molecule has 0 aromatic heterocycles. The first kappa shape index (κ1) is 19.1. The van der Waals surface area contributed by atoms with E-state index in [0.717, 1.165) is 17.1 Å². The van der Waals surface area contributed by atoms with Crippen LogP contribution in [0.2, 0.25) is 0 Å². The zero-order valence-corrected chi connectivity index (χ0v) is 16.0. The molecule has 2 aliphatic rings. The maximum Gasteiger partial charge on any atom is 0.410 e. The average molecular weight is 377 g/mol. The molecule has 0 aliphatic carbocycles. The first-order chi connectivity index (χ1) is 12.7. The fourth-order valence-corrected chi connectivity index (χ4v) is 3.28. The van der Waals surface area contributed by atoms with E-state index in [9.17, 15) is 9.59 Å². The van der Waals surface area contributed by atoms with Crippen LogP contribution in [0.25, 0.3) is 0 Å². The van der Waals surface area contributed by atoms with Gasteiger partial charge in [-0.1, -0.05) is 0 Å². The molecule has 27 heavy (non-hydrogen) atoms. The molecule has 0 spiro atoms. The number of carboxylic acid groups (broad SMARTS) is 1. The smallest absolute Gasteiger partial charge is 0.410 e. The van der Waals surface area contributed by atoms with Gasteiger partial charge in [0.25, 0.3) is 0 Å². The second-order valence-electron chi connectivity index (χ2n) is 7.84. The summed E-state index contributed by atoms with van der Waals surface area (Å²) in [5.74, 6) is -0.0558. The van der Waals surface area contributed by atoms with Crippen molar-refractivity contribution in [2.24, 2.45) is 0 Å². The Labute approximate surface area is 159 Å². The van der Waals surface area contributed by atoms with Gasteiger partial charge in [-0.15, -0.1) is 0 Å².